The topological polar surface area (TPSA) is 15.3 Å². The number of unbranched alkanes of at least 4 members (excludes halogenated alkanes) is 1. The van der Waals surface area contributed by atoms with Gasteiger partial charge in [0.05, 0.1) is 19.6 Å². The van der Waals surface area contributed by atoms with Crippen LogP contribution >= 0.6 is 0 Å². The van der Waals surface area contributed by atoms with Crippen LogP contribution in [-0.2, 0) is 0 Å². The summed E-state index contributed by atoms with van der Waals surface area (Å²) in [4.78, 5) is 2.30. The molecule has 1 N–H and O–H groups in total. The van der Waals surface area contributed by atoms with Gasteiger partial charge in [0.2, 0.25) is 0 Å². The quantitative estimate of drug-likeness (QED) is 0.420. The van der Waals surface area contributed by atoms with E-state index in [9.17, 15) is 0 Å². The van der Waals surface area contributed by atoms with Gasteiger partial charge in [-0.15, -0.1) is 0 Å². The summed E-state index contributed by atoms with van der Waals surface area (Å²) in [6.45, 7) is 11.3. The molecule has 1 heterocycles. The van der Waals surface area contributed by atoms with E-state index in [0.717, 1.165) is 0 Å². The maximum atomic E-state index is 3.84. The third-order valence-corrected chi connectivity index (χ3v) is 7.56. The molecule has 0 bridgehead atoms. The fraction of sp³-hybridized carbons (Fsp3) is 1.00. The predicted octanol–water partition coefficient (Wildman–Crippen LogP) is 1.32. The van der Waals surface area contributed by atoms with Crippen molar-refractivity contribution in [1.29, 1.82) is 0 Å². The van der Waals surface area contributed by atoms with Crippen molar-refractivity contribution in [3.63, 3.8) is 0 Å². The predicted molar refractivity (Wildman–Crippen MR) is 77.4 cm³/mol. The number of quaternary nitrogens is 1. The van der Waals surface area contributed by atoms with Gasteiger partial charge in [0.1, 0.15) is 0 Å². The Hall–Kier alpha value is 0.412. The number of rotatable bonds is 7. The van der Waals surface area contributed by atoms with Crippen LogP contribution in [0.3, 0.4) is 0 Å². The highest BCUT2D eigenvalue weighted by Gasteiger charge is 2.36. The van der Waals surface area contributed by atoms with E-state index < -0.39 is 14.4 Å². The first-order valence-electron chi connectivity index (χ1n) is 7.35. The van der Waals surface area contributed by atoms with Crippen LogP contribution in [-0.4, -0.2) is 76.0 Å². The third kappa shape index (κ3) is 5.28. The van der Waals surface area contributed by atoms with Crippen LogP contribution in [0.4, 0.5) is 0 Å². The molecule has 0 unspecified atom stereocenters. The average molecular weight is 256 g/mol. The molecule has 0 saturated carbocycles. The fourth-order valence-corrected chi connectivity index (χ4v) is 6.41. The molecule has 1 aliphatic rings. The summed E-state index contributed by atoms with van der Waals surface area (Å²) in [5.74, 6) is 0. The van der Waals surface area contributed by atoms with Gasteiger partial charge in [-0.2, -0.15) is 0 Å². The molecule has 0 radical (unpaired) electrons. The monoisotopic (exact) mass is 256 g/mol. The summed E-state index contributed by atoms with van der Waals surface area (Å²) in [7, 11) is 4.35. The molecule has 1 aliphatic heterocycles. The van der Waals surface area contributed by atoms with Crippen LogP contribution in [0.25, 0.3) is 0 Å². The minimum absolute atomic E-state index is 0.646. The van der Waals surface area contributed by atoms with Crippen LogP contribution in [0.1, 0.15) is 26.7 Å². The zero-order valence-electron chi connectivity index (χ0n) is 12.3. The molecule has 4 heteroatoms. The molecule has 1 fully saturated rings. The van der Waals surface area contributed by atoms with Gasteiger partial charge >= 0.3 is 14.4 Å². The Morgan fingerprint density at radius 3 is 2.47 bits per heavy atom. The van der Waals surface area contributed by atoms with E-state index >= 15 is 0 Å². The summed E-state index contributed by atoms with van der Waals surface area (Å²) in [5, 5.41) is 2.98. The van der Waals surface area contributed by atoms with Crippen molar-refractivity contribution in [2.75, 3.05) is 52.2 Å². The largest absolute Gasteiger partial charge is 0.448 e. The number of likely N-dealkylation sites (N-methyl/N-ethyl adjacent to an activating group) is 1. The summed E-state index contributed by atoms with van der Waals surface area (Å²) in [6, 6.07) is 0. The zero-order chi connectivity index (χ0) is 12.7. The van der Waals surface area contributed by atoms with Gasteiger partial charge in [-0.25, -0.2) is 0 Å². The Balaban J connectivity index is 2.25. The van der Waals surface area contributed by atoms with Crippen LogP contribution in [0.5, 0.6) is 0 Å². The SMILES string of the molecule is CC[N+]1(CC)CC[NH][Al]([CH2]CCCN(C)C)[CH2]1. The van der Waals surface area contributed by atoms with E-state index in [-0.39, 0.29) is 0 Å². The lowest BCUT2D eigenvalue weighted by molar-refractivity contribution is -0.916. The van der Waals surface area contributed by atoms with E-state index in [1.54, 1.807) is 0 Å². The second kappa shape index (κ2) is 7.76. The summed E-state index contributed by atoms with van der Waals surface area (Å²) < 4.78 is 5.23. The minimum atomic E-state index is -0.646. The number of nitrogens with zero attached hydrogens (tertiary/aromatic N) is 2. The Kier molecular flexibility index (Phi) is 7.06. The Morgan fingerprint density at radius 2 is 1.88 bits per heavy atom. The first-order valence-corrected chi connectivity index (χ1v) is 9.56. The van der Waals surface area contributed by atoms with Gasteiger partial charge in [0.15, 0.2) is 0 Å². The van der Waals surface area contributed by atoms with Crippen molar-refractivity contribution in [1.82, 2.24) is 9.20 Å². The lowest BCUT2D eigenvalue weighted by atomic mass is 10.3. The molecule has 100 valence electrons. The highest BCUT2D eigenvalue weighted by Crippen LogP contribution is 2.13. The van der Waals surface area contributed by atoms with Crippen molar-refractivity contribution >= 4 is 14.4 Å². The molecule has 0 spiro atoms. The van der Waals surface area contributed by atoms with E-state index in [1.807, 2.05) is 0 Å². The lowest BCUT2D eigenvalue weighted by Crippen LogP contribution is -2.64. The van der Waals surface area contributed by atoms with Gasteiger partial charge in [0.25, 0.3) is 0 Å². The number of hydrogen-bond acceptors (Lipinski definition) is 2. The summed E-state index contributed by atoms with van der Waals surface area (Å²) in [6.07, 6.45) is 2.80. The fourth-order valence-electron chi connectivity index (χ4n) is 2.94. The molecule has 0 atom stereocenters. The Morgan fingerprint density at radius 1 is 1.18 bits per heavy atom. The zero-order valence-corrected chi connectivity index (χ0v) is 13.5. The van der Waals surface area contributed by atoms with Gasteiger partial charge in [-0.05, 0) is 40.9 Å². The molecule has 0 aliphatic carbocycles. The molecule has 0 amide bonds. The molecule has 3 nitrogen and oxygen atoms in total. The van der Waals surface area contributed by atoms with Gasteiger partial charge < -0.3 is 13.7 Å². The lowest BCUT2D eigenvalue weighted by Gasteiger charge is -2.42. The second-order valence-corrected chi connectivity index (χ2v) is 8.57. The van der Waals surface area contributed by atoms with E-state index in [2.05, 4.69) is 37.1 Å². The molecule has 0 aromatic carbocycles. The Bertz CT molecular complexity index is 205. The van der Waals surface area contributed by atoms with E-state index in [0.29, 0.717) is 0 Å². The smallest absolute Gasteiger partial charge is 0.390 e. The number of nitrogens with one attached hydrogen (secondary N) is 1. The third-order valence-electron chi connectivity index (χ3n) is 4.38. The van der Waals surface area contributed by atoms with Crippen molar-refractivity contribution < 1.29 is 4.48 Å². The Labute approximate surface area is 112 Å². The maximum absolute atomic E-state index is 3.84. The standard InChI is InChI=1S/C7H17N2.C6H14N.Al/c1-4-9(3,5-2)7-6-8;1-4-5-6-7(2)3;/h8H,3-7H2,1-2H3;1,4-6H2,2-3H3;/q;;+1. The van der Waals surface area contributed by atoms with E-state index in [1.165, 1.54) is 60.7 Å². The van der Waals surface area contributed by atoms with Gasteiger partial charge in [-0.1, -0.05) is 11.7 Å². The van der Waals surface area contributed by atoms with E-state index in [4.69, 9.17) is 0 Å². The van der Waals surface area contributed by atoms with Crippen molar-refractivity contribution in [3.05, 3.63) is 0 Å². The molecular weight excluding hydrogens is 225 g/mol. The van der Waals surface area contributed by atoms with Gasteiger partial charge in [-0.3, -0.25) is 0 Å². The van der Waals surface area contributed by atoms with Gasteiger partial charge in [0, 0.05) is 12.0 Å². The second-order valence-electron chi connectivity index (χ2n) is 5.83. The van der Waals surface area contributed by atoms with Crippen molar-refractivity contribution in [3.8, 4) is 0 Å². The van der Waals surface area contributed by atoms with Crippen molar-refractivity contribution in [2.24, 2.45) is 0 Å². The van der Waals surface area contributed by atoms with Crippen LogP contribution in [0.2, 0.25) is 5.28 Å². The minimum Gasteiger partial charge on any atom is -0.390 e. The van der Waals surface area contributed by atoms with Crippen LogP contribution in [0, 0.1) is 0 Å². The first-order chi connectivity index (χ1) is 8.12. The van der Waals surface area contributed by atoms with Crippen LogP contribution < -0.4 is 4.30 Å². The molecule has 17 heavy (non-hydrogen) atoms. The normalized spacial score (nSPS) is 19.9. The molecular formula is C13H31AlN3+. The average Bonchev–Trinajstić information content (AvgIpc) is 2.34. The van der Waals surface area contributed by atoms with Crippen molar-refractivity contribution in [2.45, 2.75) is 32.0 Å². The molecule has 0 aromatic heterocycles. The van der Waals surface area contributed by atoms with Crippen LogP contribution in [0.15, 0.2) is 0 Å². The maximum Gasteiger partial charge on any atom is 0.448 e. The highest BCUT2D eigenvalue weighted by atomic mass is 27.2. The highest BCUT2D eigenvalue weighted by molar-refractivity contribution is 6.56. The summed E-state index contributed by atoms with van der Waals surface area (Å²) >= 11 is -0.646. The first kappa shape index (κ1) is 15.5. The molecule has 1 rings (SSSR count). The molecule has 0 aromatic rings. The summed E-state index contributed by atoms with van der Waals surface area (Å²) in [5.41, 5.74) is 0. The number of hydrogen-bond donors (Lipinski definition) is 1. The molecule has 1 saturated heterocycles.